The van der Waals surface area contributed by atoms with Gasteiger partial charge in [0.05, 0.1) is 5.69 Å². The van der Waals surface area contributed by atoms with Gasteiger partial charge in [-0.05, 0) is 44.6 Å². The highest BCUT2D eigenvalue weighted by Gasteiger charge is 2.31. The van der Waals surface area contributed by atoms with Crippen LogP contribution in [0.3, 0.4) is 0 Å². The number of aromatic nitrogens is 5. The molecule has 158 valence electrons. The van der Waals surface area contributed by atoms with Gasteiger partial charge in [-0.2, -0.15) is 10.2 Å². The molecule has 3 aromatic rings. The maximum absolute atomic E-state index is 13.0. The van der Waals surface area contributed by atoms with Crippen LogP contribution in [0.25, 0.3) is 11.4 Å². The summed E-state index contributed by atoms with van der Waals surface area (Å²) in [6.07, 6.45) is 7.70. The van der Waals surface area contributed by atoms with Crippen LogP contribution in [0.5, 0.6) is 0 Å². The lowest BCUT2D eigenvalue weighted by Gasteiger charge is -2.28. The summed E-state index contributed by atoms with van der Waals surface area (Å²) < 4.78 is 9.24. The van der Waals surface area contributed by atoms with Gasteiger partial charge in [-0.15, -0.1) is 0 Å². The molecular formula is C22H28N6O2. The van der Waals surface area contributed by atoms with Crippen molar-refractivity contribution in [3.8, 4) is 11.4 Å². The summed E-state index contributed by atoms with van der Waals surface area (Å²) in [7, 11) is 1.95. The second-order valence-electron chi connectivity index (χ2n) is 8.61. The van der Waals surface area contributed by atoms with Crippen LogP contribution in [0.4, 0.5) is 0 Å². The maximum Gasteiger partial charge on any atom is 0.223 e. The van der Waals surface area contributed by atoms with Crippen molar-refractivity contribution in [3.05, 3.63) is 40.9 Å². The van der Waals surface area contributed by atoms with Crippen LogP contribution >= 0.6 is 0 Å². The molecule has 8 heteroatoms. The predicted octanol–water partition coefficient (Wildman–Crippen LogP) is 2.82. The first-order valence-electron chi connectivity index (χ1n) is 10.7. The van der Waals surface area contributed by atoms with Crippen molar-refractivity contribution in [3.63, 3.8) is 0 Å². The lowest BCUT2D eigenvalue weighted by molar-refractivity contribution is -0.132. The van der Waals surface area contributed by atoms with E-state index >= 15 is 0 Å². The fourth-order valence-corrected chi connectivity index (χ4v) is 4.50. The zero-order valence-electron chi connectivity index (χ0n) is 17.9. The Morgan fingerprint density at radius 1 is 1.27 bits per heavy atom. The Balaban J connectivity index is 1.34. The second kappa shape index (κ2) is 7.41. The average molecular weight is 409 g/mol. The highest BCUT2D eigenvalue weighted by Crippen LogP contribution is 2.34. The zero-order chi connectivity index (χ0) is 20.8. The second-order valence-corrected chi connectivity index (χ2v) is 8.61. The highest BCUT2D eigenvalue weighted by molar-refractivity contribution is 5.77. The van der Waals surface area contributed by atoms with Crippen LogP contribution in [0.1, 0.15) is 47.5 Å². The van der Waals surface area contributed by atoms with E-state index in [-0.39, 0.29) is 5.91 Å². The summed E-state index contributed by atoms with van der Waals surface area (Å²) in [5.74, 6) is 0.925. The Labute approximate surface area is 175 Å². The Morgan fingerprint density at radius 3 is 2.77 bits per heavy atom. The minimum atomic E-state index is 0.185. The molecule has 4 heterocycles. The number of rotatable bonds is 6. The molecule has 1 aliphatic carbocycles. The van der Waals surface area contributed by atoms with E-state index in [4.69, 9.17) is 9.52 Å². The maximum atomic E-state index is 13.0. The Morgan fingerprint density at radius 2 is 2.10 bits per heavy atom. The van der Waals surface area contributed by atoms with E-state index in [1.165, 1.54) is 30.5 Å². The molecule has 1 fully saturated rings. The molecule has 8 nitrogen and oxygen atoms in total. The molecule has 0 atom stereocenters. The minimum Gasteiger partial charge on any atom is -0.451 e. The van der Waals surface area contributed by atoms with Gasteiger partial charge in [0.25, 0.3) is 0 Å². The summed E-state index contributed by atoms with van der Waals surface area (Å²) in [5.41, 5.74) is 7.31. The third-order valence-corrected chi connectivity index (χ3v) is 6.54. The SMILES string of the molecule is Cc1nn(C)c(C)c1CCC(=O)N1CCc2c(c(-c3cocn3)nn2CC2CC2)C1. The highest BCUT2D eigenvalue weighted by atomic mass is 16.3. The molecule has 0 radical (unpaired) electrons. The lowest BCUT2D eigenvalue weighted by Crippen LogP contribution is -2.36. The van der Waals surface area contributed by atoms with Gasteiger partial charge < -0.3 is 9.32 Å². The minimum absolute atomic E-state index is 0.185. The molecule has 1 amide bonds. The molecule has 1 aliphatic heterocycles. The van der Waals surface area contributed by atoms with E-state index in [0.717, 1.165) is 60.2 Å². The summed E-state index contributed by atoms with van der Waals surface area (Å²) in [6.45, 7) is 6.37. The number of carbonyl (C=O) groups excluding carboxylic acids is 1. The monoisotopic (exact) mass is 408 g/mol. The molecule has 5 rings (SSSR count). The normalized spacial score (nSPS) is 16.2. The molecule has 1 saturated carbocycles. The molecule has 0 saturated heterocycles. The van der Waals surface area contributed by atoms with Gasteiger partial charge in [-0.3, -0.25) is 14.2 Å². The summed E-state index contributed by atoms with van der Waals surface area (Å²) in [6, 6.07) is 0. The van der Waals surface area contributed by atoms with Gasteiger partial charge in [-0.1, -0.05) is 0 Å². The van der Waals surface area contributed by atoms with E-state index in [0.29, 0.717) is 13.0 Å². The first kappa shape index (κ1) is 19.1. The van der Waals surface area contributed by atoms with Crippen molar-refractivity contribution in [1.29, 1.82) is 0 Å². The van der Waals surface area contributed by atoms with Crippen LogP contribution in [0.2, 0.25) is 0 Å². The van der Waals surface area contributed by atoms with E-state index in [2.05, 4.69) is 21.7 Å². The average Bonchev–Trinajstić information content (AvgIpc) is 3.15. The topological polar surface area (TPSA) is 82.0 Å². The van der Waals surface area contributed by atoms with Gasteiger partial charge in [0.1, 0.15) is 17.7 Å². The van der Waals surface area contributed by atoms with Crippen LogP contribution in [-0.2, 0) is 37.8 Å². The number of carbonyl (C=O) groups is 1. The van der Waals surface area contributed by atoms with Crippen molar-refractivity contribution in [1.82, 2.24) is 29.4 Å². The summed E-state index contributed by atoms with van der Waals surface area (Å²) in [4.78, 5) is 19.3. The van der Waals surface area contributed by atoms with Crippen LogP contribution in [0, 0.1) is 19.8 Å². The van der Waals surface area contributed by atoms with E-state index in [1.54, 1.807) is 6.26 Å². The van der Waals surface area contributed by atoms with Crippen LogP contribution in [-0.4, -0.2) is 41.9 Å². The lowest BCUT2D eigenvalue weighted by atomic mass is 10.0. The molecule has 0 unspecified atom stereocenters. The van der Waals surface area contributed by atoms with Gasteiger partial charge in [0.15, 0.2) is 6.39 Å². The fourth-order valence-electron chi connectivity index (χ4n) is 4.50. The number of amides is 1. The zero-order valence-corrected chi connectivity index (χ0v) is 17.9. The third-order valence-electron chi connectivity index (χ3n) is 6.54. The number of hydrogen-bond donors (Lipinski definition) is 0. The number of fused-ring (bicyclic) bond motifs is 1. The molecule has 0 N–H and O–H groups in total. The number of hydrogen-bond acceptors (Lipinski definition) is 5. The van der Waals surface area contributed by atoms with Gasteiger partial charge >= 0.3 is 0 Å². The first-order valence-corrected chi connectivity index (χ1v) is 10.7. The van der Waals surface area contributed by atoms with Crippen molar-refractivity contribution in [2.75, 3.05) is 6.54 Å². The van der Waals surface area contributed by atoms with E-state index in [1.807, 2.05) is 23.6 Å². The summed E-state index contributed by atoms with van der Waals surface area (Å²) in [5, 5.41) is 9.34. The van der Waals surface area contributed by atoms with Crippen molar-refractivity contribution < 1.29 is 9.21 Å². The Kier molecular flexibility index (Phi) is 4.72. The third kappa shape index (κ3) is 3.44. The molecule has 2 aliphatic rings. The quantitative estimate of drug-likeness (QED) is 0.626. The molecule has 30 heavy (non-hydrogen) atoms. The van der Waals surface area contributed by atoms with Gasteiger partial charge in [0.2, 0.25) is 5.91 Å². The van der Waals surface area contributed by atoms with E-state index < -0.39 is 0 Å². The van der Waals surface area contributed by atoms with Crippen LogP contribution in [0.15, 0.2) is 17.1 Å². The van der Waals surface area contributed by atoms with Gasteiger partial charge in [-0.25, -0.2) is 4.98 Å². The molecule has 0 bridgehead atoms. The Bertz CT molecular complexity index is 1070. The molecular weight excluding hydrogens is 380 g/mol. The van der Waals surface area contributed by atoms with Crippen molar-refractivity contribution in [2.24, 2.45) is 13.0 Å². The number of nitrogens with zero attached hydrogens (tertiary/aromatic N) is 6. The van der Waals surface area contributed by atoms with Gasteiger partial charge in [0, 0.05) is 56.5 Å². The largest absolute Gasteiger partial charge is 0.451 e. The number of oxazole rings is 1. The molecule has 3 aromatic heterocycles. The van der Waals surface area contributed by atoms with Crippen molar-refractivity contribution >= 4 is 5.91 Å². The summed E-state index contributed by atoms with van der Waals surface area (Å²) >= 11 is 0. The van der Waals surface area contributed by atoms with E-state index in [9.17, 15) is 4.79 Å². The fraction of sp³-hybridized carbons (Fsp3) is 0.545. The predicted molar refractivity (Wildman–Crippen MR) is 111 cm³/mol. The van der Waals surface area contributed by atoms with Crippen LogP contribution < -0.4 is 0 Å². The standard InChI is InChI=1S/C22H28N6O2/c1-14-17(15(2)26(3)24-14)6-7-21(29)27-9-8-20-18(11-27)22(19-12-30-13-23-19)25-28(20)10-16-4-5-16/h12-13,16H,4-11H2,1-3H3. The smallest absolute Gasteiger partial charge is 0.223 e. The van der Waals surface area contributed by atoms with Crippen molar-refractivity contribution in [2.45, 2.75) is 59.0 Å². The number of aryl methyl sites for hydroxylation is 2. The molecule has 0 spiro atoms. The molecule has 0 aromatic carbocycles. The Hall–Kier alpha value is -2.90. The first-order chi connectivity index (χ1) is 14.5.